The second-order valence-corrected chi connectivity index (χ2v) is 9.56. The lowest BCUT2D eigenvalue weighted by atomic mass is 10.1. The number of nitro groups is 1. The molecule has 0 bridgehead atoms. The lowest BCUT2D eigenvalue weighted by molar-refractivity contribution is -0.387. The minimum atomic E-state index is -3.70. The molecule has 0 atom stereocenters. The van der Waals surface area contributed by atoms with Gasteiger partial charge in [0.15, 0.2) is 9.84 Å². The Morgan fingerprint density at radius 1 is 1.03 bits per heavy atom. The summed E-state index contributed by atoms with van der Waals surface area (Å²) in [4.78, 5) is 12.6. The van der Waals surface area contributed by atoms with Crippen LogP contribution in [0, 0.1) is 10.1 Å². The standard InChI is InChI=1S/C21H27N3O4S/c1-29(27,28)21-14-19(9-10-20(21)24(25)26)22-15-17-7-6-8-18(13-17)16-23-11-4-2-3-5-12-23/h6-10,13-14,22H,2-5,11-12,15-16H2,1H3. The molecule has 3 rings (SSSR count). The lowest BCUT2D eigenvalue weighted by Crippen LogP contribution is -2.24. The molecule has 1 heterocycles. The zero-order valence-corrected chi connectivity index (χ0v) is 17.5. The van der Waals surface area contributed by atoms with Crippen LogP contribution in [0.1, 0.15) is 36.8 Å². The van der Waals surface area contributed by atoms with Crippen molar-refractivity contribution in [2.75, 3.05) is 24.7 Å². The first-order valence-corrected chi connectivity index (χ1v) is 11.7. The van der Waals surface area contributed by atoms with Gasteiger partial charge in [-0.15, -0.1) is 0 Å². The number of hydrogen-bond donors (Lipinski definition) is 1. The Hall–Kier alpha value is -2.45. The van der Waals surface area contributed by atoms with E-state index in [1.54, 1.807) is 0 Å². The predicted octanol–water partition coefficient (Wildman–Crippen LogP) is 3.99. The minimum absolute atomic E-state index is 0.276. The molecular formula is C21H27N3O4S. The summed E-state index contributed by atoms with van der Waals surface area (Å²) >= 11 is 0. The Bertz CT molecular complexity index is 968. The fourth-order valence-electron chi connectivity index (χ4n) is 3.67. The predicted molar refractivity (Wildman–Crippen MR) is 114 cm³/mol. The molecule has 1 saturated heterocycles. The first-order chi connectivity index (χ1) is 13.8. The highest BCUT2D eigenvalue weighted by Crippen LogP contribution is 2.27. The fraction of sp³-hybridized carbons (Fsp3) is 0.429. The van der Waals surface area contributed by atoms with Crippen LogP contribution in [0.2, 0.25) is 0 Å². The highest BCUT2D eigenvalue weighted by atomic mass is 32.2. The van der Waals surface area contributed by atoms with Gasteiger partial charge in [-0.25, -0.2) is 8.42 Å². The molecule has 0 aliphatic carbocycles. The van der Waals surface area contributed by atoms with E-state index in [1.165, 1.54) is 49.4 Å². The summed E-state index contributed by atoms with van der Waals surface area (Å²) in [7, 11) is -3.70. The van der Waals surface area contributed by atoms with Gasteiger partial charge in [-0.2, -0.15) is 0 Å². The van der Waals surface area contributed by atoms with Gasteiger partial charge in [0.1, 0.15) is 4.90 Å². The van der Waals surface area contributed by atoms with Gasteiger partial charge in [-0.05, 0) is 49.2 Å². The van der Waals surface area contributed by atoms with E-state index in [0.717, 1.165) is 31.5 Å². The third-order valence-electron chi connectivity index (χ3n) is 5.15. The summed E-state index contributed by atoms with van der Waals surface area (Å²) in [6.07, 6.45) is 6.11. The SMILES string of the molecule is CS(=O)(=O)c1cc(NCc2cccc(CN3CCCCCC3)c2)ccc1[N+](=O)[O-]. The number of nitrogens with zero attached hydrogens (tertiary/aromatic N) is 2. The molecule has 0 aromatic heterocycles. The fourth-order valence-corrected chi connectivity index (χ4v) is 4.53. The normalized spacial score (nSPS) is 15.6. The number of likely N-dealkylation sites (tertiary alicyclic amines) is 1. The molecule has 156 valence electrons. The van der Waals surface area contributed by atoms with E-state index in [2.05, 4.69) is 22.3 Å². The molecule has 1 fully saturated rings. The van der Waals surface area contributed by atoms with Crippen molar-refractivity contribution >= 4 is 21.2 Å². The van der Waals surface area contributed by atoms with Crippen LogP contribution in [0.15, 0.2) is 47.4 Å². The molecule has 1 aliphatic heterocycles. The van der Waals surface area contributed by atoms with E-state index in [9.17, 15) is 18.5 Å². The van der Waals surface area contributed by atoms with Gasteiger partial charge >= 0.3 is 0 Å². The lowest BCUT2D eigenvalue weighted by Gasteiger charge is -2.20. The maximum Gasteiger partial charge on any atom is 0.288 e. The minimum Gasteiger partial charge on any atom is -0.381 e. The van der Waals surface area contributed by atoms with E-state index in [1.807, 2.05) is 12.1 Å². The number of anilines is 1. The third-order valence-corrected chi connectivity index (χ3v) is 6.27. The van der Waals surface area contributed by atoms with Gasteiger partial charge in [0.25, 0.3) is 5.69 Å². The van der Waals surface area contributed by atoms with Crippen molar-refractivity contribution in [3.05, 3.63) is 63.7 Å². The second kappa shape index (κ2) is 9.37. The number of rotatable bonds is 7. The Balaban J connectivity index is 1.69. The highest BCUT2D eigenvalue weighted by Gasteiger charge is 2.22. The van der Waals surface area contributed by atoms with Crippen molar-refractivity contribution in [1.29, 1.82) is 0 Å². The Kier molecular flexibility index (Phi) is 6.87. The van der Waals surface area contributed by atoms with E-state index in [0.29, 0.717) is 12.2 Å². The summed E-state index contributed by atoms with van der Waals surface area (Å²) < 4.78 is 23.8. The number of benzene rings is 2. The van der Waals surface area contributed by atoms with Crippen molar-refractivity contribution in [3.63, 3.8) is 0 Å². The number of nitro benzene ring substituents is 1. The quantitative estimate of drug-likeness (QED) is 0.541. The molecule has 7 nitrogen and oxygen atoms in total. The average Bonchev–Trinajstić information content (AvgIpc) is 2.94. The smallest absolute Gasteiger partial charge is 0.288 e. The summed E-state index contributed by atoms with van der Waals surface area (Å²) in [5, 5.41) is 14.3. The zero-order valence-electron chi connectivity index (χ0n) is 16.6. The molecule has 0 radical (unpaired) electrons. The van der Waals surface area contributed by atoms with Gasteiger partial charge in [-0.1, -0.05) is 37.1 Å². The second-order valence-electron chi connectivity index (χ2n) is 7.58. The van der Waals surface area contributed by atoms with Gasteiger partial charge in [0.05, 0.1) is 4.92 Å². The van der Waals surface area contributed by atoms with Crippen LogP contribution in [0.3, 0.4) is 0 Å². The number of nitrogens with one attached hydrogen (secondary N) is 1. The van der Waals surface area contributed by atoms with Crippen molar-refractivity contribution in [3.8, 4) is 0 Å². The van der Waals surface area contributed by atoms with Gasteiger partial charge in [0, 0.05) is 31.1 Å². The van der Waals surface area contributed by atoms with Crippen LogP contribution < -0.4 is 5.32 Å². The third kappa shape index (κ3) is 6.01. The van der Waals surface area contributed by atoms with E-state index >= 15 is 0 Å². The molecule has 1 N–H and O–H groups in total. The molecule has 0 unspecified atom stereocenters. The van der Waals surface area contributed by atoms with Crippen LogP contribution >= 0.6 is 0 Å². The molecule has 29 heavy (non-hydrogen) atoms. The Morgan fingerprint density at radius 2 is 1.72 bits per heavy atom. The Labute approximate surface area is 171 Å². The Morgan fingerprint density at radius 3 is 2.38 bits per heavy atom. The van der Waals surface area contributed by atoms with E-state index in [4.69, 9.17) is 0 Å². The van der Waals surface area contributed by atoms with Gasteiger partial charge in [0.2, 0.25) is 0 Å². The highest BCUT2D eigenvalue weighted by molar-refractivity contribution is 7.90. The van der Waals surface area contributed by atoms with Gasteiger partial charge < -0.3 is 5.32 Å². The summed E-state index contributed by atoms with van der Waals surface area (Å²) in [6, 6.07) is 12.4. The van der Waals surface area contributed by atoms with Crippen LogP contribution in [0.5, 0.6) is 0 Å². The molecule has 2 aromatic carbocycles. The molecule has 0 spiro atoms. The van der Waals surface area contributed by atoms with Crippen LogP contribution in [0.25, 0.3) is 0 Å². The van der Waals surface area contributed by atoms with Crippen LogP contribution in [0.4, 0.5) is 11.4 Å². The molecule has 2 aromatic rings. The molecule has 0 amide bonds. The zero-order chi connectivity index (χ0) is 20.9. The largest absolute Gasteiger partial charge is 0.381 e. The first-order valence-electron chi connectivity index (χ1n) is 9.85. The first kappa shape index (κ1) is 21.3. The van der Waals surface area contributed by atoms with Crippen molar-refractivity contribution < 1.29 is 13.3 Å². The van der Waals surface area contributed by atoms with Crippen molar-refractivity contribution in [2.45, 2.75) is 43.7 Å². The maximum atomic E-state index is 11.9. The van der Waals surface area contributed by atoms with Crippen molar-refractivity contribution in [2.24, 2.45) is 0 Å². The average molecular weight is 418 g/mol. The summed E-state index contributed by atoms with van der Waals surface area (Å²) in [6.45, 7) is 3.72. The van der Waals surface area contributed by atoms with E-state index < -0.39 is 20.4 Å². The maximum absolute atomic E-state index is 11.9. The van der Waals surface area contributed by atoms with Gasteiger partial charge in [-0.3, -0.25) is 15.0 Å². The summed E-state index contributed by atoms with van der Waals surface area (Å²) in [5.41, 5.74) is 2.47. The monoisotopic (exact) mass is 417 g/mol. The molecule has 0 saturated carbocycles. The van der Waals surface area contributed by atoms with Crippen LogP contribution in [-0.2, 0) is 22.9 Å². The summed E-state index contributed by atoms with van der Waals surface area (Å²) in [5.74, 6) is 0. The molecular weight excluding hydrogens is 390 g/mol. The molecule has 1 aliphatic rings. The topological polar surface area (TPSA) is 92.6 Å². The molecule has 8 heteroatoms. The van der Waals surface area contributed by atoms with Crippen LogP contribution in [-0.4, -0.2) is 37.6 Å². The van der Waals surface area contributed by atoms with Crippen molar-refractivity contribution in [1.82, 2.24) is 4.90 Å². The number of hydrogen-bond acceptors (Lipinski definition) is 6. The van der Waals surface area contributed by atoms with E-state index in [-0.39, 0.29) is 4.90 Å². The number of sulfone groups is 1.